The average molecular weight is 321 g/mol. The second-order valence-electron chi connectivity index (χ2n) is 4.01. The Bertz CT molecular complexity index is 594. The van der Waals surface area contributed by atoms with Crippen LogP contribution in [0.5, 0.6) is 0 Å². The fraction of sp³-hybridized carbons (Fsp3) is 0.455. The summed E-state index contributed by atoms with van der Waals surface area (Å²) >= 11 is 0. The number of hydrogen-bond acceptors (Lipinski definition) is 6. The van der Waals surface area contributed by atoms with Crippen LogP contribution in [0.4, 0.5) is 10.1 Å². The molecule has 8 nitrogen and oxygen atoms in total. The van der Waals surface area contributed by atoms with Gasteiger partial charge in [0.15, 0.2) is 0 Å². The van der Waals surface area contributed by atoms with Crippen molar-refractivity contribution < 1.29 is 22.5 Å². The van der Waals surface area contributed by atoms with E-state index in [4.69, 9.17) is 4.74 Å². The number of sulfonamides is 1. The Kier molecular flexibility index (Phi) is 6.62. The summed E-state index contributed by atoms with van der Waals surface area (Å²) < 4.78 is 44.0. The Hall–Kier alpha value is -1.62. The molecule has 0 amide bonds. The molecule has 0 aliphatic rings. The lowest BCUT2D eigenvalue weighted by Gasteiger charge is -2.07. The van der Waals surface area contributed by atoms with Gasteiger partial charge < -0.3 is 10.1 Å². The van der Waals surface area contributed by atoms with Gasteiger partial charge in [-0.05, 0) is 12.1 Å². The second kappa shape index (κ2) is 7.98. The van der Waals surface area contributed by atoms with Crippen LogP contribution < -0.4 is 10.0 Å². The molecular weight excluding hydrogens is 305 g/mol. The monoisotopic (exact) mass is 321 g/mol. The molecule has 10 heteroatoms. The van der Waals surface area contributed by atoms with E-state index in [1.807, 2.05) is 0 Å². The van der Waals surface area contributed by atoms with E-state index in [1.165, 1.54) is 0 Å². The van der Waals surface area contributed by atoms with Gasteiger partial charge >= 0.3 is 5.69 Å². The standard InChI is InChI=1S/C11H16FN3O5S/c1-20-7-6-13-4-5-14-21(18,19)9-2-3-10(12)11(8-9)15(16)17/h2-3,8,13-14H,4-7H2,1H3. The summed E-state index contributed by atoms with van der Waals surface area (Å²) in [6.45, 7) is 1.53. The van der Waals surface area contributed by atoms with Crippen molar-refractivity contribution >= 4 is 15.7 Å². The molecule has 0 radical (unpaired) electrons. The maximum absolute atomic E-state index is 13.2. The van der Waals surface area contributed by atoms with Crippen LogP contribution in [0.2, 0.25) is 0 Å². The first-order valence-electron chi connectivity index (χ1n) is 6.01. The van der Waals surface area contributed by atoms with Crippen LogP contribution in [0.25, 0.3) is 0 Å². The van der Waals surface area contributed by atoms with Crippen LogP contribution in [0.15, 0.2) is 23.1 Å². The highest BCUT2D eigenvalue weighted by Gasteiger charge is 2.21. The Morgan fingerprint density at radius 2 is 2.05 bits per heavy atom. The van der Waals surface area contributed by atoms with Gasteiger partial charge in [0.1, 0.15) is 0 Å². The predicted molar refractivity (Wildman–Crippen MR) is 73.0 cm³/mol. The Morgan fingerprint density at radius 3 is 2.67 bits per heavy atom. The third-order valence-corrected chi connectivity index (χ3v) is 3.96. The Morgan fingerprint density at radius 1 is 1.33 bits per heavy atom. The number of rotatable bonds is 9. The third-order valence-electron chi connectivity index (χ3n) is 2.50. The summed E-state index contributed by atoms with van der Waals surface area (Å²) in [5.41, 5.74) is -0.879. The molecule has 0 bridgehead atoms. The molecule has 0 aliphatic heterocycles. The molecule has 118 valence electrons. The minimum Gasteiger partial charge on any atom is -0.383 e. The largest absolute Gasteiger partial charge is 0.383 e. The van der Waals surface area contributed by atoms with Crippen molar-refractivity contribution in [2.24, 2.45) is 0 Å². The highest BCUT2D eigenvalue weighted by molar-refractivity contribution is 7.89. The molecule has 2 N–H and O–H groups in total. The zero-order valence-electron chi connectivity index (χ0n) is 11.3. The van der Waals surface area contributed by atoms with Crippen molar-refractivity contribution in [3.8, 4) is 0 Å². The average Bonchev–Trinajstić information content (AvgIpc) is 2.42. The number of methoxy groups -OCH3 is 1. The summed E-state index contributed by atoms with van der Waals surface area (Å²) in [5.74, 6) is -1.08. The molecule has 0 spiro atoms. The number of nitrogens with one attached hydrogen (secondary N) is 2. The van der Waals surface area contributed by atoms with Gasteiger partial charge in [-0.1, -0.05) is 0 Å². The number of nitro benzene ring substituents is 1. The van der Waals surface area contributed by atoms with Crippen LogP contribution >= 0.6 is 0 Å². The molecule has 1 rings (SSSR count). The lowest BCUT2D eigenvalue weighted by atomic mass is 10.3. The molecule has 0 saturated heterocycles. The number of nitrogens with zero attached hydrogens (tertiary/aromatic N) is 1. The van der Waals surface area contributed by atoms with E-state index < -0.39 is 26.5 Å². The molecular formula is C11H16FN3O5S. The zero-order chi connectivity index (χ0) is 15.9. The van der Waals surface area contributed by atoms with Crippen LogP contribution in [-0.2, 0) is 14.8 Å². The van der Waals surface area contributed by atoms with Crippen molar-refractivity contribution in [3.63, 3.8) is 0 Å². The molecule has 21 heavy (non-hydrogen) atoms. The first-order valence-corrected chi connectivity index (χ1v) is 7.50. The smallest absolute Gasteiger partial charge is 0.306 e. The SMILES string of the molecule is COCCNCCNS(=O)(=O)c1ccc(F)c([N+](=O)[O-])c1. The van der Waals surface area contributed by atoms with Crippen LogP contribution in [0.1, 0.15) is 0 Å². The fourth-order valence-electron chi connectivity index (χ4n) is 1.46. The molecule has 0 atom stereocenters. The van der Waals surface area contributed by atoms with Crippen LogP contribution in [-0.4, -0.2) is 46.7 Å². The van der Waals surface area contributed by atoms with Crippen molar-refractivity contribution in [2.45, 2.75) is 4.90 Å². The maximum atomic E-state index is 13.2. The Labute approximate surface area is 121 Å². The van der Waals surface area contributed by atoms with E-state index in [1.54, 1.807) is 7.11 Å². The van der Waals surface area contributed by atoms with E-state index in [-0.39, 0.29) is 11.4 Å². The fourth-order valence-corrected chi connectivity index (χ4v) is 2.51. The summed E-state index contributed by atoms with van der Waals surface area (Å²) in [6, 6.07) is 2.42. The van der Waals surface area contributed by atoms with Gasteiger partial charge in [0, 0.05) is 32.8 Å². The molecule has 1 aromatic carbocycles. The number of benzene rings is 1. The highest BCUT2D eigenvalue weighted by Crippen LogP contribution is 2.21. The topological polar surface area (TPSA) is 111 Å². The first-order chi connectivity index (χ1) is 9.88. The normalized spacial score (nSPS) is 11.5. The van der Waals surface area contributed by atoms with Gasteiger partial charge in [0.05, 0.1) is 16.4 Å². The number of halogens is 1. The number of hydrogen-bond donors (Lipinski definition) is 2. The van der Waals surface area contributed by atoms with Crippen molar-refractivity contribution in [3.05, 3.63) is 34.1 Å². The number of nitro groups is 1. The van der Waals surface area contributed by atoms with Crippen molar-refractivity contribution in [2.75, 3.05) is 33.4 Å². The first kappa shape index (κ1) is 17.4. The zero-order valence-corrected chi connectivity index (χ0v) is 12.2. The molecule has 0 fully saturated rings. The number of ether oxygens (including phenoxy) is 1. The molecule has 0 saturated carbocycles. The van der Waals surface area contributed by atoms with Gasteiger partial charge in [-0.25, -0.2) is 13.1 Å². The van der Waals surface area contributed by atoms with E-state index in [9.17, 15) is 22.9 Å². The van der Waals surface area contributed by atoms with E-state index in [0.29, 0.717) is 25.8 Å². The van der Waals surface area contributed by atoms with E-state index in [2.05, 4.69) is 10.0 Å². The summed E-state index contributed by atoms with van der Waals surface area (Å²) in [6.07, 6.45) is 0. The minimum atomic E-state index is -3.92. The van der Waals surface area contributed by atoms with E-state index >= 15 is 0 Å². The maximum Gasteiger partial charge on any atom is 0.306 e. The quantitative estimate of drug-likeness (QED) is 0.383. The van der Waals surface area contributed by atoms with Crippen LogP contribution in [0.3, 0.4) is 0 Å². The highest BCUT2D eigenvalue weighted by atomic mass is 32.2. The molecule has 0 aliphatic carbocycles. The van der Waals surface area contributed by atoms with Crippen molar-refractivity contribution in [1.82, 2.24) is 10.0 Å². The molecule has 1 aromatic rings. The van der Waals surface area contributed by atoms with Gasteiger partial charge in [0.25, 0.3) is 0 Å². The lowest BCUT2D eigenvalue weighted by molar-refractivity contribution is -0.387. The predicted octanol–water partition coefficient (Wildman–Crippen LogP) is 0.248. The lowest BCUT2D eigenvalue weighted by Crippen LogP contribution is -2.33. The van der Waals surface area contributed by atoms with Gasteiger partial charge in [-0.3, -0.25) is 10.1 Å². The van der Waals surface area contributed by atoms with Gasteiger partial charge in [-0.2, -0.15) is 4.39 Å². The minimum absolute atomic E-state index is 0.0945. The second-order valence-corrected chi connectivity index (χ2v) is 5.78. The molecule has 0 aromatic heterocycles. The summed E-state index contributed by atoms with van der Waals surface area (Å²) in [5, 5.41) is 13.5. The molecule has 0 heterocycles. The summed E-state index contributed by atoms with van der Waals surface area (Å²) in [4.78, 5) is 9.26. The molecule has 0 unspecified atom stereocenters. The Balaban J connectivity index is 2.66. The van der Waals surface area contributed by atoms with Gasteiger partial charge in [0.2, 0.25) is 15.8 Å². The van der Waals surface area contributed by atoms with Crippen molar-refractivity contribution in [1.29, 1.82) is 0 Å². The van der Waals surface area contributed by atoms with Gasteiger partial charge in [-0.15, -0.1) is 0 Å². The third kappa shape index (κ3) is 5.34. The van der Waals surface area contributed by atoms with Crippen LogP contribution in [0, 0.1) is 15.9 Å². The summed E-state index contributed by atoms with van der Waals surface area (Å²) in [7, 11) is -2.37. The van der Waals surface area contributed by atoms with E-state index in [0.717, 1.165) is 12.1 Å².